The largest absolute Gasteiger partial charge is 0.382 e. The van der Waals surface area contributed by atoms with Crippen molar-refractivity contribution in [2.24, 2.45) is 0 Å². The van der Waals surface area contributed by atoms with Crippen LogP contribution >= 0.6 is 0 Å². The van der Waals surface area contributed by atoms with Gasteiger partial charge in [-0.2, -0.15) is 0 Å². The van der Waals surface area contributed by atoms with E-state index in [0.717, 1.165) is 38.5 Å². The van der Waals surface area contributed by atoms with E-state index in [-0.39, 0.29) is 24.4 Å². The van der Waals surface area contributed by atoms with Gasteiger partial charge in [0.25, 0.3) is 0 Å². The lowest BCUT2D eigenvalue weighted by Gasteiger charge is -2.45. The molecule has 0 aliphatic carbocycles. The van der Waals surface area contributed by atoms with Crippen LogP contribution in [0, 0.1) is 0 Å². The van der Waals surface area contributed by atoms with Crippen LogP contribution in [0.5, 0.6) is 0 Å². The van der Waals surface area contributed by atoms with E-state index >= 15 is 0 Å². The molecule has 1 aliphatic heterocycles. The summed E-state index contributed by atoms with van der Waals surface area (Å²) in [5.41, 5.74) is 0. The van der Waals surface area contributed by atoms with Crippen molar-refractivity contribution in [2.45, 2.75) is 90.0 Å². The molecule has 0 spiro atoms. The van der Waals surface area contributed by atoms with Gasteiger partial charge in [0, 0.05) is 34.0 Å². The summed E-state index contributed by atoms with van der Waals surface area (Å²) < 4.78 is 35.7. The second-order valence-electron chi connectivity index (χ2n) is 6.80. The average molecular weight is 377 g/mol. The van der Waals surface area contributed by atoms with Crippen molar-refractivity contribution in [3.05, 3.63) is 0 Å². The zero-order valence-electron chi connectivity index (χ0n) is 17.4. The van der Waals surface area contributed by atoms with Gasteiger partial charge in [0.05, 0.1) is 6.61 Å². The molecule has 0 aromatic carbocycles. The number of hydrogen-bond acceptors (Lipinski definition) is 6. The fourth-order valence-electron chi connectivity index (χ4n) is 3.03. The number of hydrogen-bond donors (Lipinski definition) is 0. The van der Waals surface area contributed by atoms with Crippen molar-refractivity contribution in [2.75, 3.05) is 40.6 Å². The third kappa shape index (κ3) is 7.79. The van der Waals surface area contributed by atoms with Crippen molar-refractivity contribution < 1.29 is 28.4 Å². The normalized spacial score (nSPS) is 29.2. The number of unbranched alkanes of at least 4 members (excludes halogenated alkanes) is 3. The summed E-state index contributed by atoms with van der Waals surface area (Å²) in [6.07, 6.45) is 4.78. The molecule has 6 nitrogen and oxygen atoms in total. The third-order valence-electron chi connectivity index (χ3n) is 4.58. The van der Waals surface area contributed by atoms with E-state index in [1.807, 2.05) is 0 Å². The van der Waals surface area contributed by atoms with Gasteiger partial charge in [0.1, 0.15) is 24.4 Å². The van der Waals surface area contributed by atoms with E-state index in [1.54, 1.807) is 14.2 Å². The maximum atomic E-state index is 6.25. The molecule has 1 rings (SSSR count). The van der Waals surface area contributed by atoms with Crippen molar-refractivity contribution in [3.63, 3.8) is 0 Å². The monoisotopic (exact) mass is 376 g/mol. The molecule has 5 atom stereocenters. The zero-order chi connectivity index (χ0) is 19.2. The molecule has 0 saturated carbocycles. The van der Waals surface area contributed by atoms with Crippen LogP contribution < -0.4 is 0 Å². The Kier molecular flexibility index (Phi) is 13.5. The SMILES string of the molecule is CCCCOC1C(OCCCC)[C@@H](OCCCC)C(COC)O[C@@H]1OC. The standard InChI is InChI=1S/C20H40O6/c1-6-9-12-23-17-16(15-21-4)26-20(22-5)19(25-14-11-8-3)18(17)24-13-10-7-2/h16-20H,6-15H2,1-5H3/t16?,17-,18?,19?,20-/m0/s1. The first kappa shape index (κ1) is 23.8. The maximum absolute atomic E-state index is 6.25. The Bertz CT molecular complexity index is 327. The van der Waals surface area contributed by atoms with Crippen LogP contribution in [0.3, 0.4) is 0 Å². The molecule has 0 aromatic heterocycles. The van der Waals surface area contributed by atoms with Crippen LogP contribution in [0.25, 0.3) is 0 Å². The zero-order valence-corrected chi connectivity index (χ0v) is 17.4. The topological polar surface area (TPSA) is 55.4 Å². The van der Waals surface area contributed by atoms with Gasteiger partial charge in [-0.05, 0) is 19.3 Å². The van der Waals surface area contributed by atoms with Gasteiger partial charge in [-0.1, -0.05) is 40.0 Å². The van der Waals surface area contributed by atoms with Gasteiger partial charge in [-0.3, -0.25) is 0 Å². The minimum absolute atomic E-state index is 0.226. The average Bonchev–Trinajstić information content (AvgIpc) is 2.65. The van der Waals surface area contributed by atoms with Crippen LogP contribution in [-0.2, 0) is 28.4 Å². The quantitative estimate of drug-likeness (QED) is 0.407. The second-order valence-corrected chi connectivity index (χ2v) is 6.80. The molecule has 0 N–H and O–H groups in total. The van der Waals surface area contributed by atoms with Crippen LogP contribution in [0.4, 0.5) is 0 Å². The Morgan fingerprint density at radius 1 is 0.692 bits per heavy atom. The van der Waals surface area contributed by atoms with Crippen molar-refractivity contribution in [1.82, 2.24) is 0 Å². The Hall–Kier alpha value is -0.240. The van der Waals surface area contributed by atoms with E-state index in [0.29, 0.717) is 26.4 Å². The van der Waals surface area contributed by atoms with Crippen LogP contribution in [-0.4, -0.2) is 71.4 Å². The van der Waals surface area contributed by atoms with Crippen molar-refractivity contribution in [3.8, 4) is 0 Å². The molecule has 0 radical (unpaired) electrons. The Morgan fingerprint density at radius 3 is 1.65 bits per heavy atom. The lowest BCUT2D eigenvalue weighted by Crippen LogP contribution is -2.61. The highest BCUT2D eigenvalue weighted by atomic mass is 16.7. The summed E-state index contributed by atoms with van der Waals surface area (Å²) in [5.74, 6) is 0. The molecule has 1 aliphatic rings. The highest BCUT2D eigenvalue weighted by Crippen LogP contribution is 2.29. The molecule has 6 heteroatoms. The van der Waals surface area contributed by atoms with Gasteiger partial charge in [0.15, 0.2) is 6.29 Å². The Morgan fingerprint density at radius 2 is 1.19 bits per heavy atom. The predicted molar refractivity (Wildman–Crippen MR) is 101 cm³/mol. The highest BCUT2D eigenvalue weighted by Gasteiger charge is 2.48. The minimum Gasteiger partial charge on any atom is -0.382 e. The lowest BCUT2D eigenvalue weighted by molar-refractivity contribution is -0.317. The van der Waals surface area contributed by atoms with E-state index in [9.17, 15) is 0 Å². The maximum Gasteiger partial charge on any atom is 0.186 e. The van der Waals surface area contributed by atoms with E-state index in [4.69, 9.17) is 28.4 Å². The summed E-state index contributed by atoms with van der Waals surface area (Å²) >= 11 is 0. The molecule has 3 unspecified atom stereocenters. The first-order chi connectivity index (χ1) is 12.7. The van der Waals surface area contributed by atoms with Crippen LogP contribution in [0.1, 0.15) is 59.3 Å². The number of ether oxygens (including phenoxy) is 6. The molecule has 0 aromatic rings. The lowest BCUT2D eigenvalue weighted by atomic mass is 9.98. The summed E-state index contributed by atoms with van der Waals surface area (Å²) in [6, 6.07) is 0. The van der Waals surface area contributed by atoms with Gasteiger partial charge in [0.2, 0.25) is 0 Å². The molecule has 26 heavy (non-hydrogen) atoms. The fourth-order valence-corrected chi connectivity index (χ4v) is 3.03. The van der Waals surface area contributed by atoms with E-state index < -0.39 is 6.29 Å². The molecule has 1 saturated heterocycles. The molecule has 0 amide bonds. The Balaban J connectivity index is 2.92. The van der Waals surface area contributed by atoms with E-state index in [1.165, 1.54) is 0 Å². The molecule has 1 fully saturated rings. The number of rotatable bonds is 15. The third-order valence-corrected chi connectivity index (χ3v) is 4.58. The predicted octanol–water partition coefficient (Wildman–Crippen LogP) is 3.56. The minimum atomic E-state index is -0.482. The summed E-state index contributed by atoms with van der Waals surface area (Å²) in [7, 11) is 3.32. The molecule has 0 bridgehead atoms. The molecule has 156 valence electrons. The Labute approximate surface area is 159 Å². The van der Waals surface area contributed by atoms with Crippen LogP contribution in [0.15, 0.2) is 0 Å². The molecular weight excluding hydrogens is 336 g/mol. The summed E-state index contributed by atoms with van der Waals surface area (Å²) in [5, 5.41) is 0. The van der Waals surface area contributed by atoms with Gasteiger partial charge < -0.3 is 28.4 Å². The summed E-state index contributed by atoms with van der Waals surface area (Å²) in [6.45, 7) is 8.91. The van der Waals surface area contributed by atoms with Gasteiger partial charge >= 0.3 is 0 Å². The highest BCUT2D eigenvalue weighted by molar-refractivity contribution is 4.93. The fraction of sp³-hybridized carbons (Fsp3) is 1.00. The summed E-state index contributed by atoms with van der Waals surface area (Å²) in [4.78, 5) is 0. The number of methoxy groups -OCH3 is 2. The van der Waals surface area contributed by atoms with E-state index in [2.05, 4.69) is 20.8 Å². The molecule has 1 heterocycles. The van der Waals surface area contributed by atoms with Gasteiger partial charge in [-0.25, -0.2) is 0 Å². The van der Waals surface area contributed by atoms with Crippen molar-refractivity contribution >= 4 is 0 Å². The smallest absolute Gasteiger partial charge is 0.186 e. The van der Waals surface area contributed by atoms with Crippen molar-refractivity contribution in [1.29, 1.82) is 0 Å². The molecular formula is C20H40O6. The van der Waals surface area contributed by atoms with Gasteiger partial charge in [-0.15, -0.1) is 0 Å². The first-order valence-electron chi connectivity index (χ1n) is 10.2. The van der Waals surface area contributed by atoms with Crippen LogP contribution in [0.2, 0.25) is 0 Å². The second kappa shape index (κ2) is 14.8. The first-order valence-corrected chi connectivity index (χ1v) is 10.2.